The van der Waals surface area contributed by atoms with E-state index >= 15 is 0 Å². The van der Waals surface area contributed by atoms with Crippen LogP contribution in [0.2, 0.25) is 0 Å². The molecule has 2 aliphatic rings. The molecule has 2 N–H and O–H groups in total. The van der Waals surface area contributed by atoms with Crippen molar-refractivity contribution in [2.24, 2.45) is 0 Å². The van der Waals surface area contributed by atoms with Gasteiger partial charge in [0, 0.05) is 12.2 Å². The molecule has 0 atom stereocenters. The summed E-state index contributed by atoms with van der Waals surface area (Å²) in [6.45, 7) is 0.693. The van der Waals surface area contributed by atoms with Crippen molar-refractivity contribution in [3.05, 3.63) is 53.1 Å². The van der Waals surface area contributed by atoms with Crippen molar-refractivity contribution in [3.63, 3.8) is 0 Å². The van der Waals surface area contributed by atoms with Crippen LogP contribution in [-0.4, -0.2) is 12.8 Å². The normalized spacial score (nSPS) is 14.4. The van der Waals surface area contributed by atoms with Crippen LogP contribution in [-0.2, 0) is 19.4 Å². The van der Waals surface area contributed by atoms with Crippen molar-refractivity contribution in [1.29, 1.82) is 0 Å². The Labute approximate surface area is 134 Å². The topological polar surface area (TPSA) is 59.6 Å². The molecule has 4 rings (SSSR count). The number of fused-ring (bicyclic) bond motifs is 2. The molecule has 1 heterocycles. The van der Waals surface area contributed by atoms with Gasteiger partial charge >= 0.3 is 6.03 Å². The number of nitrogens with one attached hydrogen (secondary N) is 2. The van der Waals surface area contributed by atoms with Crippen molar-refractivity contribution in [2.45, 2.75) is 25.8 Å². The number of rotatable bonds is 3. The Kier molecular flexibility index (Phi) is 3.54. The van der Waals surface area contributed by atoms with Crippen molar-refractivity contribution < 1.29 is 14.3 Å². The first-order chi connectivity index (χ1) is 11.3. The predicted molar refractivity (Wildman–Crippen MR) is 86.9 cm³/mol. The summed E-state index contributed by atoms with van der Waals surface area (Å²) in [6, 6.07) is 11.6. The van der Waals surface area contributed by atoms with Crippen LogP contribution in [0.3, 0.4) is 0 Å². The lowest BCUT2D eigenvalue weighted by Crippen LogP contribution is -2.28. The molecule has 2 aromatic rings. The quantitative estimate of drug-likeness (QED) is 0.915. The standard InChI is InChI=1S/C18H18N2O3/c21-18(20-15-6-5-13-2-1-3-14(13)9-15)19-10-12-4-7-16-17(8-12)23-11-22-16/h4-9H,1-3,10-11H2,(H2,19,20,21). The van der Waals surface area contributed by atoms with Crippen LogP contribution in [0.4, 0.5) is 10.5 Å². The Bertz CT molecular complexity index is 758. The largest absolute Gasteiger partial charge is 0.454 e. The van der Waals surface area contributed by atoms with E-state index in [1.165, 1.54) is 17.5 Å². The van der Waals surface area contributed by atoms with E-state index in [0.717, 1.165) is 35.6 Å². The molecule has 0 radical (unpaired) electrons. The summed E-state index contributed by atoms with van der Waals surface area (Å²) in [5, 5.41) is 5.75. The van der Waals surface area contributed by atoms with Crippen LogP contribution in [0.1, 0.15) is 23.1 Å². The first kappa shape index (κ1) is 13.9. The highest BCUT2D eigenvalue weighted by atomic mass is 16.7. The second kappa shape index (κ2) is 5.83. The third-order valence-electron chi connectivity index (χ3n) is 4.25. The average Bonchev–Trinajstić information content (AvgIpc) is 3.20. The number of benzene rings is 2. The number of hydrogen-bond donors (Lipinski definition) is 2. The minimum Gasteiger partial charge on any atom is -0.454 e. The Morgan fingerprint density at radius 1 is 1.00 bits per heavy atom. The first-order valence-corrected chi connectivity index (χ1v) is 7.83. The number of amides is 2. The van der Waals surface area contributed by atoms with Gasteiger partial charge in [0.1, 0.15) is 0 Å². The van der Waals surface area contributed by atoms with Gasteiger partial charge in [0.15, 0.2) is 11.5 Å². The maximum absolute atomic E-state index is 12.0. The van der Waals surface area contributed by atoms with Crippen molar-refractivity contribution in [3.8, 4) is 11.5 Å². The molecule has 5 nitrogen and oxygen atoms in total. The van der Waals surface area contributed by atoms with E-state index in [1.807, 2.05) is 24.3 Å². The van der Waals surface area contributed by atoms with Gasteiger partial charge < -0.3 is 20.1 Å². The Morgan fingerprint density at radius 3 is 2.83 bits per heavy atom. The second-order valence-corrected chi connectivity index (χ2v) is 5.83. The molecule has 0 aromatic heterocycles. The number of anilines is 1. The monoisotopic (exact) mass is 310 g/mol. The van der Waals surface area contributed by atoms with Gasteiger partial charge in [0.2, 0.25) is 6.79 Å². The molecule has 5 heteroatoms. The maximum atomic E-state index is 12.0. The lowest BCUT2D eigenvalue weighted by Gasteiger charge is -2.09. The van der Waals surface area contributed by atoms with Crippen LogP contribution in [0.15, 0.2) is 36.4 Å². The highest BCUT2D eigenvalue weighted by Crippen LogP contribution is 2.32. The fourth-order valence-corrected chi connectivity index (χ4v) is 3.06. The van der Waals surface area contributed by atoms with Crippen molar-refractivity contribution in [2.75, 3.05) is 12.1 Å². The van der Waals surface area contributed by atoms with E-state index in [4.69, 9.17) is 9.47 Å². The van der Waals surface area contributed by atoms with Gasteiger partial charge in [-0.25, -0.2) is 4.79 Å². The van der Waals surface area contributed by atoms with Crippen LogP contribution < -0.4 is 20.1 Å². The molecule has 23 heavy (non-hydrogen) atoms. The predicted octanol–water partition coefficient (Wildman–Crippen LogP) is 3.23. The van der Waals surface area contributed by atoms with E-state index in [0.29, 0.717) is 6.54 Å². The van der Waals surface area contributed by atoms with Gasteiger partial charge in [-0.2, -0.15) is 0 Å². The summed E-state index contributed by atoms with van der Waals surface area (Å²) in [4.78, 5) is 12.0. The zero-order valence-corrected chi connectivity index (χ0v) is 12.7. The van der Waals surface area contributed by atoms with E-state index < -0.39 is 0 Å². The summed E-state index contributed by atoms with van der Waals surface area (Å²) in [6.07, 6.45) is 3.45. The molecular weight excluding hydrogens is 292 g/mol. The van der Waals surface area contributed by atoms with Gasteiger partial charge in [-0.3, -0.25) is 0 Å². The minimum atomic E-state index is -0.208. The zero-order chi connectivity index (χ0) is 15.6. The lowest BCUT2D eigenvalue weighted by molar-refractivity contribution is 0.174. The molecule has 2 aromatic carbocycles. The number of urea groups is 1. The number of ether oxygens (including phenoxy) is 2. The molecule has 1 aliphatic carbocycles. The average molecular weight is 310 g/mol. The van der Waals surface area contributed by atoms with Crippen LogP contribution >= 0.6 is 0 Å². The van der Waals surface area contributed by atoms with E-state index in [1.54, 1.807) is 0 Å². The van der Waals surface area contributed by atoms with Gasteiger partial charge in [-0.1, -0.05) is 12.1 Å². The van der Waals surface area contributed by atoms with Gasteiger partial charge in [0.25, 0.3) is 0 Å². The molecule has 0 fully saturated rings. The third kappa shape index (κ3) is 2.95. The Balaban J connectivity index is 1.35. The summed E-state index contributed by atoms with van der Waals surface area (Å²) in [7, 11) is 0. The Hall–Kier alpha value is -2.69. The lowest BCUT2D eigenvalue weighted by atomic mass is 10.1. The fourth-order valence-electron chi connectivity index (χ4n) is 3.06. The van der Waals surface area contributed by atoms with Crippen LogP contribution in [0.5, 0.6) is 11.5 Å². The number of carbonyl (C=O) groups excluding carboxylic acids is 1. The maximum Gasteiger partial charge on any atom is 0.319 e. The van der Waals surface area contributed by atoms with Gasteiger partial charge in [-0.05, 0) is 60.2 Å². The third-order valence-corrected chi connectivity index (χ3v) is 4.25. The fraction of sp³-hybridized carbons (Fsp3) is 0.278. The van der Waals surface area contributed by atoms with Crippen LogP contribution in [0.25, 0.3) is 0 Å². The number of aryl methyl sites for hydroxylation is 2. The first-order valence-electron chi connectivity index (χ1n) is 7.83. The molecule has 0 saturated heterocycles. The van der Waals surface area contributed by atoms with Crippen LogP contribution in [0, 0.1) is 0 Å². The van der Waals surface area contributed by atoms with E-state index in [-0.39, 0.29) is 12.8 Å². The molecular formula is C18H18N2O3. The zero-order valence-electron chi connectivity index (χ0n) is 12.7. The highest BCUT2D eigenvalue weighted by molar-refractivity contribution is 5.89. The SMILES string of the molecule is O=C(NCc1ccc2c(c1)OCO2)Nc1ccc2c(c1)CCC2. The minimum absolute atomic E-state index is 0.208. The summed E-state index contributed by atoms with van der Waals surface area (Å²) in [5.74, 6) is 1.47. The van der Waals surface area contributed by atoms with Gasteiger partial charge in [0.05, 0.1) is 0 Å². The van der Waals surface area contributed by atoms with Crippen molar-refractivity contribution in [1.82, 2.24) is 5.32 Å². The van der Waals surface area contributed by atoms with Crippen molar-refractivity contribution >= 4 is 11.7 Å². The second-order valence-electron chi connectivity index (χ2n) is 5.83. The summed E-state index contributed by atoms with van der Waals surface area (Å²) >= 11 is 0. The Morgan fingerprint density at radius 2 is 1.87 bits per heavy atom. The molecule has 1 aliphatic heterocycles. The highest BCUT2D eigenvalue weighted by Gasteiger charge is 2.14. The molecule has 0 spiro atoms. The van der Waals surface area contributed by atoms with E-state index in [2.05, 4.69) is 22.8 Å². The molecule has 2 amide bonds. The molecule has 0 unspecified atom stereocenters. The number of hydrogen-bond acceptors (Lipinski definition) is 3. The van der Waals surface area contributed by atoms with Gasteiger partial charge in [-0.15, -0.1) is 0 Å². The summed E-state index contributed by atoms with van der Waals surface area (Å²) in [5.41, 5.74) is 4.56. The smallest absolute Gasteiger partial charge is 0.319 e. The number of carbonyl (C=O) groups is 1. The molecule has 0 bridgehead atoms. The van der Waals surface area contributed by atoms with E-state index in [9.17, 15) is 4.79 Å². The summed E-state index contributed by atoms with van der Waals surface area (Å²) < 4.78 is 10.6. The molecule has 118 valence electrons. The molecule has 0 saturated carbocycles.